The molecule has 5 rings (SSSR count). The molecule has 0 atom stereocenters. The SMILES string of the molecule is C=N/C(=C\c1nncn1C)Oc1ccc(Nc2ncnc3ccc(C4=CCN(C(=O)C(=C)F)CC4)cc23)cc1C. The molecule has 3 heterocycles. The minimum atomic E-state index is -0.943. The van der Waals surface area contributed by atoms with Crippen molar-refractivity contribution < 1.29 is 13.9 Å². The number of fused-ring (bicyclic) bond motifs is 1. The summed E-state index contributed by atoms with van der Waals surface area (Å²) >= 11 is 0. The van der Waals surface area contributed by atoms with Crippen LogP contribution in [0.25, 0.3) is 22.6 Å². The highest BCUT2D eigenvalue weighted by Crippen LogP contribution is 2.31. The highest BCUT2D eigenvalue weighted by Gasteiger charge is 2.20. The van der Waals surface area contributed by atoms with Crippen LogP contribution in [0.3, 0.4) is 0 Å². The van der Waals surface area contributed by atoms with Crippen molar-refractivity contribution in [3.63, 3.8) is 0 Å². The van der Waals surface area contributed by atoms with Crippen LogP contribution < -0.4 is 10.1 Å². The molecule has 202 valence electrons. The monoisotopic (exact) mass is 538 g/mol. The topological polar surface area (TPSA) is 110 Å². The molecular weight excluding hydrogens is 511 g/mol. The Balaban J connectivity index is 1.36. The number of aromatic nitrogens is 5. The van der Waals surface area contributed by atoms with Crippen molar-refractivity contribution in [1.29, 1.82) is 0 Å². The molecule has 0 unspecified atom stereocenters. The average Bonchev–Trinajstić information content (AvgIpc) is 3.37. The summed E-state index contributed by atoms with van der Waals surface area (Å²) in [4.78, 5) is 26.2. The highest BCUT2D eigenvalue weighted by molar-refractivity contribution is 5.94. The van der Waals surface area contributed by atoms with E-state index in [9.17, 15) is 9.18 Å². The van der Waals surface area contributed by atoms with Gasteiger partial charge in [-0.25, -0.2) is 19.4 Å². The van der Waals surface area contributed by atoms with Gasteiger partial charge in [-0.05, 0) is 67.1 Å². The summed E-state index contributed by atoms with van der Waals surface area (Å²) in [5.74, 6) is 0.550. The molecule has 1 aliphatic rings. The first-order valence-electron chi connectivity index (χ1n) is 12.5. The van der Waals surface area contributed by atoms with Gasteiger partial charge in [0.05, 0.1) is 5.52 Å². The Kier molecular flexibility index (Phi) is 7.45. The number of aryl methyl sites for hydroxylation is 2. The molecular formula is C29H27FN8O2. The summed E-state index contributed by atoms with van der Waals surface area (Å²) in [6.45, 7) is 9.38. The van der Waals surface area contributed by atoms with E-state index in [0.29, 0.717) is 42.8 Å². The zero-order valence-corrected chi connectivity index (χ0v) is 22.1. The van der Waals surface area contributed by atoms with E-state index in [1.807, 2.05) is 56.4 Å². The van der Waals surface area contributed by atoms with Crippen molar-refractivity contribution in [2.24, 2.45) is 12.0 Å². The lowest BCUT2D eigenvalue weighted by Crippen LogP contribution is -2.34. The molecule has 1 aliphatic heterocycles. The van der Waals surface area contributed by atoms with E-state index in [1.165, 1.54) is 11.2 Å². The molecule has 11 heteroatoms. The molecule has 4 aromatic rings. The second-order valence-corrected chi connectivity index (χ2v) is 9.24. The molecule has 2 aromatic carbocycles. The van der Waals surface area contributed by atoms with Gasteiger partial charge in [0.25, 0.3) is 5.91 Å². The van der Waals surface area contributed by atoms with Crippen LogP contribution in [-0.4, -0.2) is 55.3 Å². The average molecular weight is 539 g/mol. The molecule has 0 aliphatic carbocycles. The first kappa shape index (κ1) is 26.4. The Hall–Kier alpha value is -5.19. The van der Waals surface area contributed by atoms with Gasteiger partial charge in [-0.15, -0.1) is 10.2 Å². The number of amides is 1. The number of hydrogen-bond acceptors (Lipinski definition) is 8. The number of anilines is 2. The van der Waals surface area contributed by atoms with Crippen LogP contribution in [0.1, 0.15) is 23.4 Å². The summed E-state index contributed by atoms with van der Waals surface area (Å²) in [6.07, 6.45) is 7.31. The summed E-state index contributed by atoms with van der Waals surface area (Å²) in [6, 6.07) is 11.6. The van der Waals surface area contributed by atoms with Gasteiger partial charge in [0.15, 0.2) is 11.7 Å². The first-order chi connectivity index (χ1) is 19.3. The molecule has 0 saturated carbocycles. The van der Waals surface area contributed by atoms with Gasteiger partial charge in [-0.3, -0.25) is 4.79 Å². The van der Waals surface area contributed by atoms with Crippen LogP contribution in [0.4, 0.5) is 15.9 Å². The molecule has 0 radical (unpaired) electrons. The van der Waals surface area contributed by atoms with E-state index < -0.39 is 11.7 Å². The summed E-state index contributed by atoms with van der Waals surface area (Å²) in [5.41, 5.74) is 4.55. The minimum absolute atomic E-state index is 0.299. The number of nitrogens with one attached hydrogen (secondary N) is 1. The smallest absolute Gasteiger partial charge is 0.282 e. The summed E-state index contributed by atoms with van der Waals surface area (Å²) < 4.78 is 21.0. The second-order valence-electron chi connectivity index (χ2n) is 9.24. The van der Waals surface area contributed by atoms with Crippen molar-refractivity contribution >= 4 is 46.7 Å². The predicted octanol–water partition coefficient (Wildman–Crippen LogP) is 4.99. The van der Waals surface area contributed by atoms with Crippen LogP contribution in [0.15, 0.2) is 78.4 Å². The van der Waals surface area contributed by atoms with Gasteiger partial charge in [-0.2, -0.15) is 0 Å². The summed E-state index contributed by atoms with van der Waals surface area (Å²) in [7, 11) is 1.83. The number of aliphatic imine (C=N–C) groups is 1. The quantitative estimate of drug-likeness (QED) is 0.191. The lowest BCUT2D eigenvalue weighted by atomic mass is 9.98. The Morgan fingerprint density at radius 1 is 1.23 bits per heavy atom. The van der Waals surface area contributed by atoms with E-state index >= 15 is 0 Å². The van der Waals surface area contributed by atoms with Gasteiger partial charge in [0.2, 0.25) is 5.88 Å². The molecule has 40 heavy (non-hydrogen) atoms. The number of rotatable bonds is 8. The Morgan fingerprint density at radius 3 is 2.75 bits per heavy atom. The van der Waals surface area contributed by atoms with Crippen molar-refractivity contribution in [2.75, 3.05) is 18.4 Å². The summed E-state index contributed by atoms with van der Waals surface area (Å²) in [5, 5.41) is 12.1. The molecule has 0 bridgehead atoms. The van der Waals surface area contributed by atoms with Crippen molar-refractivity contribution in [3.8, 4) is 5.75 Å². The number of benzene rings is 2. The zero-order valence-electron chi connectivity index (χ0n) is 22.1. The Bertz CT molecular complexity index is 1690. The number of halogens is 1. The van der Waals surface area contributed by atoms with Crippen LogP contribution in [-0.2, 0) is 11.8 Å². The van der Waals surface area contributed by atoms with E-state index in [2.05, 4.69) is 43.8 Å². The minimum Gasteiger partial charge on any atom is -0.439 e. The van der Waals surface area contributed by atoms with E-state index in [1.54, 1.807) is 17.0 Å². The molecule has 0 spiro atoms. The lowest BCUT2D eigenvalue weighted by molar-refractivity contribution is -0.128. The van der Waals surface area contributed by atoms with Crippen LogP contribution in [0.5, 0.6) is 5.75 Å². The van der Waals surface area contributed by atoms with Crippen molar-refractivity contribution in [1.82, 2.24) is 29.6 Å². The van der Waals surface area contributed by atoms with Gasteiger partial charge in [0.1, 0.15) is 24.2 Å². The molecule has 1 N–H and O–H groups in total. The fraction of sp³-hybridized carbons (Fsp3) is 0.172. The fourth-order valence-corrected chi connectivity index (χ4v) is 4.38. The van der Waals surface area contributed by atoms with Gasteiger partial charge in [0, 0.05) is 37.3 Å². The predicted molar refractivity (Wildman–Crippen MR) is 153 cm³/mol. The van der Waals surface area contributed by atoms with Crippen molar-refractivity contribution in [3.05, 3.63) is 90.4 Å². The third-order valence-electron chi connectivity index (χ3n) is 6.54. The Labute approximate surface area is 230 Å². The van der Waals surface area contributed by atoms with E-state index in [4.69, 9.17) is 4.74 Å². The molecule has 10 nitrogen and oxygen atoms in total. The van der Waals surface area contributed by atoms with Gasteiger partial charge >= 0.3 is 0 Å². The second kappa shape index (κ2) is 11.3. The fourth-order valence-electron chi connectivity index (χ4n) is 4.38. The third kappa shape index (κ3) is 5.63. The standard InChI is InChI=1S/C29H27FN8O2/c1-18-13-22(6-8-25(18)40-27(31-3)15-26-36-34-17-37(26)4)35-28-23-14-21(5-7-24(23)32-16-33-28)20-9-11-38(12-10-20)29(39)19(2)30/h5-9,13-17H,2-3,10-12H2,1,4H3,(H,32,33,35)/b27-15+. The number of carbonyl (C=O) groups is 1. The number of ether oxygens (including phenoxy) is 1. The molecule has 1 amide bonds. The maximum atomic E-state index is 13.3. The maximum absolute atomic E-state index is 13.3. The van der Waals surface area contributed by atoms with Crippen LogP contribution in [0, 0.1) is 6.92 Å². The number of carbonyl (C=O) groups excluding carboxylic acids is 1. The number of hydrogen-bond donors (Lipinski definition) is 1. The zero-order chi connectivity index (χ0) is 28.2. The number of nitrogens with zero attached hydrogens (tertiary/aromatic N) is 7. The van der Waals surface area contributed by atoms with E-state index in [0.717, 1.165) is 33.3 Å². The van der Waals surface area contributed by atoms with E-state index in [-0.39, 0.29) is 0 Å². The molecule has 2 aromatic heterocycles. The third-order valence-corrected chi connectivity index (χ3v) is 6.54. The molecule has 0 saturated heterocycles. The Morgan fingerprint density at radius 2 is 2.08 bits per heavy atom. The van der Waals surface area contributed by atoms with Crippen molar-refractivity contribution in [2.45, 2.75) is 13.3 Å². The highest BCUT2D eigenvalue weighted by atomic mass is 19.1. The maximum Gasteiger partial charge on any atom is 0.282 e. The first-order valence-corrected chi connectivity index (χ1v) is 12.5. The van der Waals surface area contributed by atoms with Crippen LogP contribution >= 0.6 is 0 Å². The lowest BCUT2D eigenvalue weighted by Gasteiger charge is -2.26. The van der Waals surface area contributed by atoms with Gasteiger partial charge < -0.3 is 19.5 Å². The van der Waals surface area contributed by atoms with Crippen LogP contribution in [0.2, 0.25) is 0 Å². The normalized spacial score (nSPS) is 13.6. The molecule has 0 fully saturated rings. The van der Waals surface area contributed by atoms with Gasteiger partial charge in [-0.1, -0.05) is 18.7 Å². The largest absolute Gasteiger partial charge is 0.439 e.